The number of hydrogen-bond acceptors (Lipinski definition) is 8. The Morgan fingerprint density at radius 1 is 1.20 bits per heavy atom. The maximum Gasteiger partial charge on any atom is 0.317 e. The molecule has 30 heavy (non-hydrogen) atoms. The third-order valence-corrected chi connectivity index (χ3v) is 5.77. The van der Waals surface area contributed by atoms with Gasteiger partial charge in [0.2, 0.25) is 0 Å². The zero-order chi connectivity index (χ0) is 20.5. The van der Waals surface area contributed by atoms with E-state index in [9.17, 15) is 4.79 Å². The molecule has 1 aromatic heterocycles. The quantitative estimate of drug-likeness (QED) is 0.747. The Balaban J connectivity index is 1.30. The number of rotatable bonds is 4. The Hall–Kier alpha value is -2.76. The van der Waals surface area contributed by atoms with E-state index in [0.29, 0.717) is 45.3 Å². The highest BCUT2D eigenvalue weighted by molar-refractivity contribution is 5.74. The van der Waals surface area contributed by atoms with Crippen molar-refractivity contribution in [3.8, 4) is 17.1 Å². The number of methoxy groups -OCH3 is 1. The van der Waals surface area contributed by atoms with Gasteiger partial charge in [-0.05, 0) is 22.6 Å². The van der Waals surface area contributed by atoms with E-state index < -0.39 is 0 Å². The van der Waals surface area contributed by atoms with Crippen molar-refractivity contribution in [1.29, 1.82) is 0 Å². The summed E-state index contributed by atoms with van der Waals surface area (Å²) in [7, 11) is 1.62. The molecule has 0 spiro atoms. The fraction of sp³-hybridized carbons (Fsp3) is 0.579. The lowest BCUT2D eigenvalue weighted by atomic mass is 10.1. The summed E-state index contributed by atoms with van der Waals surface area (Å²) in [6, 6.07) is 7.07. The van der Waals surface area contributed by atoms with Crippen LogP contribution in [0, 0.1) is 0 Å². The van der Waals surface area contributed by atoms with E-state index in [-0.39, 0.29) is 30.3 Å². The summed E-state index contributed by atoms with van der Waals surface area (Å²) < 4.78 is 24.4. The second kappa shape index (κ2) is 8.17. The lowest BCUT2D eigenvalue weighted by Crippen LogP contribution is -2.52. The monoisotopic (exact) mass is 416 g/mol. The zero-order valence-electron chi connectivity index (χ0n) is 16.6. The molecule has 1 N–H and O–H groups in total. The van der Waals surface area contributed by atoms with Gasteiger partial charge >= 0.3 is 6.03 Å². The molecule has 0 aliphatic carbocycles. The number of ether oxygens (including phenoxy) is 4. The van der Waals surface area contributed by atoms with Gasteiger partial charge < -0.3 is 29.2 Å². The zero-order valence-corrected chi connectivity index (χ0v) is 16.6. The number of tetrazole rings is 1. The Kier molecular flexibility index (Phi) is 5.23. The van der Waals surface area contributed by atoms with Crippen LogP contribution in [-0.2, 0) is 14.2 Å². The van der Waals surface area contributed by atoms with Gasteiger partial charge in [0.05, 0.1) is 39.6 Å². The van der Waals surface area contributed by atoms with E-state index in [4.69, 9.17) is 18.9 Å². The number of nitrogens with zero attached hydrogens (tertiary/aromatic N) is 5. The highest BCUT2D eigenvalue weighted by Gasteiger charge is 2.50. The van der Waals surface area contributed by atoms with Crippen molar-refractivity contribution in [3.63, 3.8) is 0 Å². The Bertz CT molecular complexity index is 901. The summed E-state index contributed by atoms with van der Waals surface area (Å²) in [5.41, 5.74) is 0.845. The molecule has 3 aliphatic rings. The first-order valence-electron chi connectivity index (χ1n) is 10.0. The minimum Gasteiger partial charge on any atom is -0.497 e. The first kappa shape index (κ1) is 19.2. The summed E-state index contributed by atoms with van der Waals surface area (Å²) in [6.45, 7) is 3.09. The Morgan fingerprint density at radius 3 is 2.87 bits per heavy atom. The molecule has 5 rings (SSSR count). The third-order valence-electron chi connectivity index (χ3n) is 5.77. The summed E-state index contributed by atoms with van der Waals surface area (Å²) in [4.78, 5) is 14.3. The number of benzene rings is 1. The molecular formula is C19H24N6O5. The van der Waals surface area contributed by atoms with Crippen LogP contribution in [0.2, 0.25) is 0 Å². The van der Waals surface area contributed by atoms with Crippen molar-refractivity contribution in [2.24, 2.45) is 0 Å². The fourth-order valence-corrected chi connectivity index (χ4v) is 4.20. The van der Waals surface area contributed by atoms with Gasteiger partial charge in [0, 0.05) is 18.7 Å². The minimum atomic E-state index is -0.248. The number of morpholine rings is 1. The van der Waals surface area contributed by atoms with E-state index in [2.05, 4.69) is 20.8 Å². The van der Waals surface area contributed by atoms with Gasteiger partial charge in [-0.3, -0.25) is 0 Å². The largest absolute Gasteiger partial charge is 0.497 e. The van der Waals surface area contributed by atoms with Gasteiger partial charge in [0.1, 0.15) is 24.0 Å². The van der Waals surface area contributed by atoms with Gasteiger partial charge in [-0.25, -0.2) is 9.48 Å². The average Bonchev–Trinajstić information content (AvgIpc) is 3.52. The van der Waals surface area contributed by atoms with E-state index >= 15 is 0 Å². The van der Waals surface area contributed by atoms with Crippen LogP contribution in [0.25, 0.3) is 11.4 Å². The number of hydrogen-bond donors (Lipinski definition) is 1. The molecule has 11 nitrogen and oxygen atoms in total. The number of urea groups is 1. The second-order valence-corrected chi connectivity index (χ2v) is 7.50. The van der Waals surface area contributed by atoms with Crippen molar-refractivity contribution in [3.05, 3.63) is 24.3 Å². The van der Waals surface area contributed by atoms with Crippen molar-refractivity contribution < 1.29 is 23.7 Å². The molecule has 2 aromatic rings. The second-order valence-electron chi connectivity index (χ2n) is 7.50. The molecule has 0 bridgehead atoms. The molecule has 11 heteroatoms. The first-order valence-corrected chi connectivity index (χ1v) is 10.0. The molecule has 0 saturated carbocycles. The SMILES string of the molecule is COc1cccc(-c2nnnn2[C@@H]2CO[C@@H]3[C@@H]2OC[C@@H]3NC(=O)N2CCOCC2)c1. The number of fused-ring (bicyclic) bond motifs is 1. The van der Waals surface area contributed by atoms with Crippen LogP contribution >= 0.6 is 0 Å². The Labute approximate surface area is 173 Å². The molecule has 1 aromatic carbocycles. The first-order chi connectivity index (χ1) is 14.7. The summed E-state index contributed by atoms with van der Waals surface area (Å²) in [5, 5.41) is 15.3. The molecule has 3 aliphatic heterocycles. The van der Waals surface area contributed by atoms with E-state index in [0.717, 1.165) is 11.3 Å². The predicted octanol–water partition coefficient (Wildman–Crippen LogP) is 0.0978. The number of amides is 2. The normalized spacial score (nSPS) is 28.4. The van der Waals surface area contributed by atoms with E-state index in [1.54, 1.807) is 16.7 Å². The minimum absolute atomic E-state index is 0.112. The van der Waals surface area contributed by atoms with Crippen LogP contribution < -0.4 is 10.1 Å². The van der Waals surface area contributed by atoms with E-state index in [1.165, 1.54) is 0 Å². The topological polar surface area (TPSA) is 113 Å². The maximum atomic E-state index is 12.6. The van der Waals surface area contributed by atoms with Gasteiger partial charge in [-0.15, -0.1) is 5.10 Å². The van der Waals surface area contributed by atoms with Crippen molar-refractivity contribution >= 4 is 6.03 Å². The molecular weight excluding hydrogens is 392 g/mol. The standard InChI is InChI=1S/C19H24N6O5/c1-27-13-4-2-3-12(9-13)18-21-22-23-25(18)15-11-30-16-14(10-29-17(15)16)20-19(26)24-5-7-28-8-6-24/h2-4,9,14-17H,5-8,10-11H2,1H3,(H,20,26)/t14-,15+,16-,17+/m0/s1. The maximum absolute atomic E-state index is 12.6. The van der Waals surface area contributed by atoms with Crippen LogP contribution in [0.5, 0.6) is 5.75 Å². The lowest BCUT2D eigenvalue weighted by molar-refractivity contribution is 0.0485. The molecule has 3 fully saturated rings. The molecule has 3 saturated heterocycles. The van der Waals surface area contributed by atoms with E-state index in [1.807, 2.05) is 24.3 Å². The number of aromatic nitrogens is 4. The van der Waals surface area contributed by atoms with Crippen LogP contribution in [0.15, 0.2) is 24.3 Å². The fourth-order valence-electron chi connectivity index (χ4n) is 4.20. The van der Waals surface area contributed by atoms with Crippen LogP contribution in [0.1, 0.15) is 6.04 Å². The lowest BCUT2D eigenvalue weighted by Gasteiger charge is -2.29. The van der Waals surface area contributed by atoms with Gasteiger partial charge in [-0.1, -0.05) is 12.1 Å². The van der Waals surface area contributed by atoms with Crippen LogP contribution in [-0.4, -0.2) is 96.0 Å². The van der Waals surface area contributed by atoms with Crippen LogP contribution in [0.3, 0.4) is 0 Å². The summed E-state index contributed by atoms with van der Waals surface area (Å²) in [6.07, 6.45) is -0.491. The van der Waals surface area contributed by atoms with Crippen molar-refractivity contribution in [2.45, 2.75) is 24.3 Å². The van der Waals surface area contributed by atoms with Crippen LogP contribution in [0.4, 0.5) is 4.79 Å². The predicted molar refractivity (Wildman–Crippen MR) is 103 cm³/mol. The molecule has 4 atom stereocenters. The molecule has 160 valence electrons. The van der Waals surface area contributed by atoms with Gasteiger partial charge in [-0.2, -0.15) is 0 Å². The van der Waals surface area contributed by atoms with Crippen molar-refractivity contribution in [1.82, 2.24) is 30.4 Å². The van der Waals surface area contributed by atoms with Gasteiger partial charge in [0.15, 0.2) is 5.82 Å². The number of carbonyl (C=O) groups excluding carboxylic acids is 1. The van der Waals surface area contributed by atoms with Gasteiger partial charge in [0.25, 0.3) is 0 Å². The average molecular weight is 416 g/mol. The molecule has 0 radical (unpaired) electrons. The smallest absolute Gasteiger partial charge is 0.317 e. The molecule has 4 heterocycles. The summed E-state index contributed by atoms with van der Waals surface area (Å²) in [5.74, 6) is 1.35. The number of nitrogens with one attached hydrogen (secondary N) is 1. The third kappa shape index (κ3) is 3.48. The summed E-state index contributed by atoms with van der Waals surface area (Å²) >= 11 is 0. The highest BCUT2D eigenvalue weighted by atomic mass is 16.6. The Morgan fingerprint density at radius 2 is 2.03 bits per heavy atom. The van der Waals surface area contributed by atoms with Crippen molar-refractivity contribution in [2.75, 3.05) is 46.6 Å². The molecule has 0 unspecified atom stereocenters. The number of carbonyl (C=O) groups is 1. The highest BCUT2D eigenvalue weighted by Crippen LogP contribution is 2.36. The molecule has 2 amide bonds.